The van der Waals surface area contributed by atoms with Gasteiger partial charge in [0.1, 0.15) is 0 Å². The Kier molecular flexibility index (Phi) is 6.20. The normalized spacial score (nSPS) is 16.1. The zero-order valence-corrected chi connectivity index (χ0v) is 21.6. The van der Waals surface area contributed by atoms with Gasteiger partial charge < -0.3 is 10.2 Å². The predicted octanol–water partition coefficient (Wildman–Crippen LogP) is 5.90. The lowest BCUT2D eigenvalue weighted by molar-refractivity contribution is 0.192. The van der Waals surface area contributed by atoms with E-state index in [0.29, 0.717) is 6.54 Å². The molecule has 34 heavy (non-hydrogen) atoms. The molecule has 0 aliphatic heterocycles. The Balaban J connectivity index is 1.64. The second kappa shape index (κ2) is 9.14. The van der Waals surface area contributed by atoms with Gasteiger partial charge in [-0.25, -0.2) is 0 Å². The van der Waals surface area contributed by atoms with Crippen LogP contribution < -0.4 is 16.1 Å². The number of nitrogens with two attached hydrogens (primary N) is 1. The molecule has 0 bridgehead atoms. The van der Waals surface area contributed by atoms with Crippen molar-refractivity contribution in [2.75, 3.05) is 6.54 Å². The molecule has 0 saturated carbocycles. The summed E-state index contributed by atoms with van der Waals surface area (Å²) < 4.78 is 7.51. The van der Waals surface area contributed by atoms with Crippen molar-refractivity contribution in [2.24, 2.45) is 5.73 Å². The van der Waals surface area contributed by atoms with E-state index in [-0.39, 0.29) is 11.1 Å². The summed E-state index contributed by atoms with van der Waals surface area (Å²) in [5.41, 5.74) is 9.99. The molecule has 4 aromatic carbocycles. The zero-order valence-electron chi connectivity index (χ0n) is 20.6. The molecule has 0 amide bonds. The number of benzene rings is 4. The molecule has 0 spiro atoms. The van der Waals surface area contributed by atoms with Gasteiger partial charge in [-0.15, -0.1) is 0 Å². The Morgan fingerprint density at radius 1 is 0.853 bits per heavy atom. The molecule has 0 radical (unpaired) electrons. The molecular formula is C31H35NOSi. The standard InChI is InChI=1S/C31H35NOSi/c1-31(2,3)34(25-10-6-4-7-11-25,26-12-8-5-9-13-26)33-30-19-18-27-28(30)17-16-24-15-14-23(20-21-32)22-29(24)27/h4-17,22,30H,18-21,32H2,1-3H3. The van der Waals surface area contributed by atoms with E-state index in [9.17, 15) is 0 Å². The summed E-state index contributed by atoms with van der Waals surface area (Å²) in [7, 11) is -2.59. The lowest BCUT2D eigenvalue weighted by atomic mass is 9.98. The lowest BCUT2D eigenvalue weighted by Crippen LogP contribution is -2.66. The highest BCUT2D eigenvalue weighted by molar-refractivity contribution is 6.99. The van der Waals surface area contributed by atoms with E-state index in [1.807, 2.05) is 0 Å². The van der Waals surface area contributed by atoms with Crippen molar-refractivity contribution < 1.29 is 4.43 Å². The van der Waals surface area contributed by atoms with Gasteiger partial charge in [-0.1, -0.05) is 112 Å². The lowest BCUT2D eigenvalue weighted by Gasteiger charge is -2.44. The first kappa shape index (κ1) is 23.0. The minimum Gasteiger partial charge on any atom is -0.400 e. The molecule has 1 aliphatic carbocycles. The smallest absolute Gasteiger partial charge is 0.261 e. The zero-order chi connectivity index (χ0) is 23.8. The maximum atomic E-state index is 7.51. The van der Waals surface area contributed by atoms with E-state index in [1.165, 1.54) is 37.8 Å². The van der Waals surface area contributed by atoms with Crippen molar-refractivity contribution in [3.05, 3.63) is 108 Å². The Labute approximate surface area is 204 Å². The largest absolute Gasteiger partial charge is 0.400 e. The molecule has 3 heteroatoms. The van der Waals surface area contributed by atoms with Gasteiger partial charge in [-0.05, 0) is 68.7 Å². The number of hydrogen-bond acceptors (Lipinski definition) is 2. The highest BCUT2D eigenvalue weighted by atomic mass is 28.4. The summed E-state index contributed by atoms with van der Waals surface area (Å²) in [5.74, 6) is 0. The van der Waals surface area contributed by atoms with Crippen molar-refractivity contribution in [3.8, 4) is 0 Å². The maximum absolute atomic E-state index is 7.51. The van der Waals surface area contributed by atoms with E-state index in [2.05, 4.69) is 112 Å². The van der Waals surface area contributed by atoms with Crippen LogP contribution in [-0.2, 0) is 17.3 Å². The summed E-state index contributed by atoms with van der Waals surface area (Å²) >= 11 is 0. The van der Waals surface area contributed by atoms with E-state index in [0.717, 1.165) is 19.3 Å². The van der Waals surface area contributed by atoms with Gasteiger partial charge in [0.15, 0.2) is 0 Å². The average Bonchev–Trinajstić information content (AvgIpc) is 3.26. The highest BCUT2D eigenvalue weighted by Gasteiger charge is 2.52. The number of hydrogen-bond donors (Lipinski definition) is 1. The third kappa shape index (κ3) is 3.92. The molecule has 0 heterocycles. The van der Waals surface area contributed by atoms with Gasteiger partial charge in [0, 0.05) is 0 Å². The van der Waals surface area contributed by atoms with E-state index < -0.39 is 8.32 Å². The molecule has 2 nitrogen and oxygen atoms in total. The minimum atomic E-state index is -2.59. The van der Waals surface area contributed by atoms with Crippen LogP contribution in [0.25, 0.3) is 10.8 Å². The Morgan fingerprint density at radius 2 is 1.47 bits per heavy atom. The van der Waals surface area contributed by atoms with E-state index in [1.54, 1.807) is 0 Å². The molecule has 0 aromatic heterocycles. The molecule has 174 valence electrons. The Bertz CT molecular complexity index is 1240. The van der Waals surface area contributed by atoms with Crippen molar-refractivity contribution >= 4 is 29.5 Å². The molecule has 1 atom stereocenters. The van der Waals surface area contributed by atoms with Gasteiger partial charge in [-0.3, -0.25) is 0 Å². The number of rotatable bonds is 6. The fourth-order valence-corrected chi connectivity index (χ4v) is 10.5. The van der Waals surface area contributed by atoms with Crippen LogP contribution in [0.1, 0.15) is 50.0 Å². The SMILES string of the molecule is CC(C)(C)[Si](OC1CCc2c1ccc1ccc(CCN)cc21)(c1ccccc1)c1ccccc1. The van der Waals surface area contributed by atoms with Crippen LogP contribution in [0.3, 0.4) is 0 Å². The summed E-state index contributed by atoms with van der Waals surface area (Å²) in [4.78, 5) is 0. The van der Waals surface area contributed by atoms with Crippen LogP contribution in [0.2, 0.25) is 5.04 Å². The van der Waals surface area contributed by atoms with Crippen LogP contribution in [0, 0.1) is 0 Å². The first-order valence-corrected chi connectivity index (χ1v) is 14.4. The first-order valence-electron chi connectivity index (χ1n) is 12.5. The quantitative estimate of drug-likeness (QED) is 0.360. The first-order chi connectivity index (χ1) is 16.4. The van der Waals surface area contributed by atoms with Crippen molar-refractivity contribution in [1.82, 2.24) is 0 Å². The van der Waals surface area contributed by atoms with Crippen LogP contribution in [0.4, 0.5) is 0 Å². The third-order valence-electron chi connectivity index (χ3n) is 7.41. The van der Waals surface area contributed by atoms with Gasteiger partial charge in [0.2, 0.25) is 0 Å². The monoisotopic (exact) mass is 465 g/mol. The molecule has 1 aliphatic rings. The van der Waals surface area contributed by atoms with Crippen LogP contribution in [0.15, 0.2) is 91.0 Å². The molecule has 1 unspecified atom stereocenters. The van der Waals surface area contributed by atoms with Crippen LogP contribution >= 0.6 is 0 Å². The Hall–Kier alpha value is -2.72. The summed E-state index contributed by atoms with van der Waals surface area (Å²) in [6.07, 6.45) is 3.10. The van der Waals surface area contributed by atoms with Crippen LogP contribution in [-0.4, -0.2) is 14.9 Å². The van der Waals surface area contributed by atoms with Gasteiger partial charge in [-0.2, -0.15) is 0 Å². The van der Waals surface area contributed by atoms with Gasteiger partial charge in [0.05, 0.1) is 6.10 Å². The van der Waals surface area contributed by atoms with Crippen molar-refractivity contribution in [3.63, 3.8) is 0 Å². The number of fused-ring (bicyclic) bond motifs is 3. The summed E-state index contributed by atoms with van der Waals surface area (Å²) in [5, 5.41) is 5.34. The van der Waals surface area contributed by atoms with Crippen molar-refractivity contribution in [2.45, 2.75) is 51.2 Å². The second-order valence-corrected chi connectivity index (χ2v) is 14.8. The second-order valence-electron chi connectivity index (χ2n) is 10.5. The highest BCUT2D eigenvalue weighted by Crippen LogP contribution is 2.45. The van der Waals surface area contributed by atoms with E-state index in [4.69, 9.17) is 10.2 Å². The topological polar surface area (TPSA) is 35.2 Å². The minimum absolute atomic E-state index is 0.0242. The molecule has 0 fully saturated rings. The average molecular weight is 466 g/mol. The molecule has 0 saturated heterocycles. The molecule has 4 aromatic rings. The van der Waals surface area contributed by atoms with Gasteiger partial charge >= 0.3 is 0 Å². The maximum Gasteiger partial charge on any atom is 0.261 e. The molecular weight excluding hydrogens is 430 g/mol. The predicted molar refractivity (Wildman–Crippen MR) is 146 cm³/mol. The fourth-order valence-electron chi connectivity index (χ4n) is 5.81. The summed E-state index contributed by atoms with van der Waals surface area (Å²) in [6.45, 7) is 7.75. The molecule has 2 N–H and O–H groups in total. The number of aryl methyl sites for hydroxylation is 1. The Morgan fingerprint density at radius 3 is 2.06 bits per heavy atom. The van der Waals surface area contributed by atoms with E-state index >= 15 is 0 Å². The molecule has 5 rings (SSSR count). The van der Waals surface area contributed by atoms with Gasteiger partial charge in [0.25, 0.3) is 8.32 Å². The summed E-state index contributed by atoms with van der Waals surface area (Å²) in [6, 6.07) is 33.3. The third-order valence-corrected chi connectivity index (χ3v) is 12.4. The van der Waals surface area contributed by atoms with Crippen LogP contribution in [0.5, 0.6) is 0 Å². The van der Waals surface area contributed by atoms with Crippen molar-refractivity contribution in [1.29, 1.82) is 0 Å². The fraction of sp³-hybridized carbons (Fsp3) is 0.290.